The molecule has 0 amide bonds. The molecule has 0 rings (SSSR count). The van der Waals surface area contributed by atoms with Gasteiger partial charge in [-0.25, -0.2) is 0 Å². The van der Waals surface area contributed by atoms with E-state index in [1.165, 1.54) is 0 Å². The molecule has 0 spiro atoms. The fourth-order valence-corrected chi connectivity index (χ4v) is 0.902. The zero-order chi connectivity index (χ0) is 12.7. The van der Waals surface area contributed by atoms with Gasteiger partial charge in [0.05, 0.1) is 21.1 Å². The van der Waals surface area contributed by atoms with Gasteiger partial charge in [0.15, 0.2) is 0 Å². The van der Waals surface area contributed by atoms with Crippen LogP contribution in [-0.4, -0.2) is 50.2 Å². The summed E-state index contributed by atoms with van der Waals surface area (Å²) in [5, 5.41) is 0. The van der Waals surface area contributed by atoms with Gasteiger partial charge in [-0.15, -0.1) is 0 Å². The summed E-state index contributed by atoms with van der Waals surface area (Å²) in [5.41, 5.74) is 0. The highest BCUT2D eigenvalue weighted by molar-refractivity contribution is 4.90. The highest BCUT2D eigenvalue weighted by atomic mass is 35.5. The van der Waals surface area contributed by atoms with Crippen molar-refractivity contribution in [3.05, 3.63) is 0 Å². The van der Waals surface area contributed by atoms with Crippen LogP contribution in [-0.2, 0) is 0 Å². The van der Waals surface area contributed by atoms with Crippen LogP contribution in [0.3, 0.4) is 0 Å². The number of alkyl halides is 7. The number of halogens is 8. The molecule has 9 heteroatoms. The van der Waals surface area contributed by atoms with Crippen LogP contribution >= 0.6 is 0 Å². The van der Waals surface area contributed by atoms with Crippen LogP contribution in [0.25, 0.3) is 0 Å². The maximum atomic E-state index is 12.7. The third-order valence-electron chi connectivity index (χ3n) is 1.49. The van der Waals surface area contributed by atoms with Crippen molar-refractivity contribution in [3.8, 4) is 0 Å². The van der Waals surface area contributed by atoms with E-state index in [2.05, 4.69) is 0 Å². The third kappa shape index (κ3) is 3.97. The first-order valence-corrected chi connectivity index (χ1v) is 3.83. The van der Waals surface area contributed by atoms with Crippen LogP contribution in [0.1, 0.15) is 0 Å². The number of hydrogen-bond donors (Lipinski definition) is 0. The summed E-state index contributed by atoms with van der Waals surface area (Å²) in [5.74, 6) is -11.1. The maximum Gasteiger partial charge on any atom is 0.460 e. The van der Waals surface area contributed by atoms with Gasteiger partial charge in [-0.3, -0.25) is 0 Å². The molecule has 0 unspecified atom stereocenters. The Morgan fingerprint density at radius 3 is 1.31 bits per heavy atom. The van der Waals surface area contributed by atoms with Gasteiger partial charge < -0.3 is 16.9 Å². The number of rotatable bonds is 3. The quantitative estimate of drug-likeness (QED) is 0.483. The number of quaternary nitrogens is 1. The highest BCUT2D eigenvalue weighted by Crippen LogP contribution is 2.46. The minimum atomic E-state index is -6.24. The monoisotopic (exact) mass is 277 g/mol. The van der Waals surface area contributed by atoms with Crippen molar-refractivity contribution in [2.75, 3.05) is 27.7 Å². The smallest absolute Gasteiger partial charge is 0.460 e. The third-order valence-corrected chi connectivity index (χ3v) is 1.49. The first kappa shape index (κ1) is 18.1. The Bertz CT molecular complexity index is 230. The Morgan fingerprint density at radius 2 is 1.12 bits per heavy atom. The van der Waals surface area contributed by atoms with Crippen LogP contribution < -0.4 is 12.4 Å². The fourth-order valence-electron chi connectivity index (χ4n) is 0.902. The van der Waals surface area contributed by atoms with Crippen molar-refractivity contribution in [2.24, 2.45) is 0 Å². The molecule has 0 saturated carbocycles. The van der Waals surface area contributed by atoms with E-state index >= 15 is 0 Å². The predicted octanol–water partition coefficient (Wildman–Crippen LogP) is -0.471. The second-order valence-electron chi connectivity index (χ2n) is 4.23. The SMILES string of the molecule is C[N+](C)(C)CC(F)(F)C(F)(F)C(F)(F)F.[Cl-]. The molecule has 16 heavy (non-hydrogen) atoms. The highest BCUT2D eigenvalue weighted by Gasteiger charge is 2.74. The molecule has 0 radical (unpaired) electrons. The summed E-state index contributed by atoms with van der Waals surface area (Å²) >= 11 is 0. The Balaban J connectivity index is 0. The van der Waals surface area contributed by atoms with E-state index in [0.29, 0.717) is 0 Å². The molecule has 0 atom stereocenters. The summed E-state index contributed by atoms with van der Waals surface area (Å²) in [6.45, 7) is -1.60. The van der Waals surface area contributed by atoms with Gasteiger partial charge in [0.1, 0.15) is 6.54 Å². The summed E-state index contributed by atoms with van der Waals surface area (Å²) in [4.78, 5) is 0. The van der Waals surface area contributed by atoms with E-state index in [1.54, 1.807) is 0 Å². The van der Waals surface area contributed by atoms with E-state index in [0.717, 1.165) is 21.1 Å². The summed E-state index contributed by atoms with van der Waals surface area (Å²) in [7, 11) is 3.29. The molecular formula is C7H11ClF7N. The fraction of sp³-hybridized carbons (Fsp3) is 1.00. The lowest BCUT2D eigenvalue weighted by Gasteiger charge is -2.33. The zero-order valence-corrected chi connectivity index (χ0v) is 9.43. The lowest BCUT2D eigenvalue weighted by Crippen LogP contribution is -3.00. The van der Waals surface area contributed by atoms with E-state index in [9.17, 15) is 30.7 Å². The van der Waals surface area contributed by atoms with E-state index < -0.39 is 29.0 Å². The topological polar surface area (TPSA) is 0 Å². The summed E-state index contributed by atoms with van der Waals surface area (Å²) in [6.07, 6.45) is -6.24. The Morgan fingerprint density at radius 1 is 0.812 bits per heavy atom. The van der Waals surface area contributed by atoms with Crippen LogP contribution in [0.2, 0.25) is 0 Å². The second kappa shape index (κ2) is 4.56. The van der Waals surface area contributed by atoms with Gasteiger partial charge in [-0.05, 0) is 0 Å². The zero-order valence-electron chi connectivity index (χ0n) is 8.68. The van der Waals surface area contributed by atoms with E-state index in [-0.39, 0.29) is 12.4 Å². The lowest BCUT2D eigenvalue weighted by atomic mass is 10.1. The van der Waals surface area contributed by atoms with Crippen molar-refractivity contribution in [3.63, 3.8) is 0 Å². The van der Waals surface area contributed by atoms with Gasteiger partial charge in [0, 0.05) is 0 Å². The average Bonchev–Trinajstić information content (AvgIpc) is 1.77. The lowest BCUT2D eigenvalue weighted by molar-refractivity contribution is -0.880. The molecule has 100 valence electrons. The van der Waals surface area contributed by atoms with Crippen molar-refractivity contribution >= 4 is 0 Å². The molecule has 0 aromatic carbocycles. The standard InChI is InChI=1S/C7H11F7N.ClH/c1-15(2,3)4-5(8,9)6(10,11)7(12,13)14;/h4H2,1-3H3;1H/q+1;/p-1. The predicted molar refractivity (Wildman–Crippen MR) is 38.8 cm³/mol. The first-order chi connectivity index (χ1) is 6.21. The van der Waals surface area contributed by atoms with Gasteiger partial charge >= 0.3 is 18.0 Å². The van der Waals surface area contributed by atoms with E-state index in [4.69, 9.17) is 0 Å². The van der Waals surface area contributed by atoms with Gasteiger partial charge in [-0.2, -0.15) is 30.7 Å². The molecule has 0 aromatic heterocycles. The molecule has 0 aromatic rings. The molecule has 0 bridgehead atoms. The summed E-state index contributed by atoms with van der Waals surface area (Å²) in [6, 6.07) is 0. The van der Waals surface area contributed by atoms with Crippen LogP contribution in [0.15, 0.2) is 0 Å². The van der Waals surface area contributed by atoms with Crippen molar-refractivity contribution in [1.29, 1.82) is 0 Å². The first-order valence-electron chi connectivity index (χ1n) is 3.83. The van der Waals surface area contributed by atoms with Crippen molar-refractivity contribution in [2.45, 2.75) is 18.0 Å². The molecule has 1 nitrogen and oxygen atoms in total. The average molecular weight is 278 g/mol. The van der Waals surface area contributed by atoms with Crippen molar-refractivity contribution < 1.29 is 47.6 Å². The largest absolute Gasteiger partial charge is 1.00 e. The van der Waals surface area contributed by atoms with Crippen molar-refractivity contribution in [1.82, 2.24) is 0 Å². The molecule has 0 fully saturated rings. The molecule has 0 aliphatic heterocycles. The maximum absolute atomic E-state index is 12.7. The van der Waals surface area contributed by atoms with Crippen LogP contribution in [0.4, 0.5) is 30.7 Å². The Kier molecular flexibility index (Phi) is 5.17. The normalized spacial score (nSPS) is 14.6. The number of nitrogens with zero attached hydrogens (tertiary/aromatic N) is 1. The number of hydrogen-bond acceptors (Lipinski definition) is 0. The second-order valence-corrected chi connectivity index (χ2v) is 4.23. The molecule has 0 heterocycles. The van der Waals surface area contributed by atoms with Gasteiger partial charge in [-0.1, -0.05) is 0 Å². The minimum Gasteiger partial charge on any atom is -1.00 e. The molecule has 0 N–H and O–H groups in total. The van der Waals surface area contributed by atoms with Crippen LogP contribution in [0.5, 0.6) is 0 Å². The summed E-state index contributed by atoms with van der Waals surface area (Å²) < 4.78 is 84.4. The minimum absolute atomic E-state index is 0. The Labute approximate surface area is 94.2 Å². The Hall–Kier alpha value is -0.240. The molecule has 0 saturated heterocycles. The van der Waals surface area contributed by atoms with Crippen LogP contribution in [0, 0.1) is 0 Å². The molecule has 0 aliphatic rings. The van der Waals surface area contributed by atoms with Gasteiger partial charge in [0.25, 0.3) is 0 Å². The van der Waals surface area contributed by atoms with Gasteiger partial charge in [0.2, 0.25) is 0 Å². The molecular weight excluding hydrogens is 267 g/mol. The van der Waals surface area contributed by atoms with E-state index in [1.807, 2.05) is 0 Å². The molecule has 0 aliphatic carbocycles.